The lowest BCUT2D eigenvalue weighted by Crippen LogP contribution is -2.06. The number of fused-ring (bicyclic) bond motifs is 2. The Kier molecular flexibility index (Phi) is 5.97. The molecule has 0 radical (unpaired) electrons. The number of ether oxygens (including phenoxy) is 2. The van der Waals surface area contributed by atoms with E-state index < -0.39 is 0 Å². The van der Waals surface area contributed by atoms with Gasteiger partial charge in [0.1, 0.15) is 41.4 Å². The number of nitrogens with zero attached hydrogens (tertiary/aromatic N) is 1. The summed E-state index contributed by atoms with van der Waals surface area (Å²) in [4.78, 5) is 17.2. The first-order valence-electron chi connectivity index (χ1n) is 11.0. The fraction of sp³-hybridized carbons (Fsp3) is 0.143. The minimum atomic E-state index is -0.186. The predicted octanol–water partition coefficient (Wildman–Crippen LogP) is 5.30. The lowest BCUT2D eigenvalue weighted by Gasteiger charge is -2.14. The number of hydrogen-bond acceptors (Lipinski definition) is 6. The van der Waals surface area contributed by atoms with Crippen molar-refractivity contribution in [2.75, 3.05) is 0 Å². The van der Waals surface area contributed by atoms with Crippen molar-refractivity contribution in [3.05, 3.63) is 112 Å². The van der Waals surface area contributed by atoms with E-state index in [4.69, 9.17) is 13.9 Å². The first-order valence-corrected chi connectivity index (χ1v) is 11.0. The van der Waals surface area contributed by atoms with Gasteiger partial charge in [0.15, 0.2) is 5.43 Å². The van der Waals surface area contributed by atoms with Gasteiger partial charge in [0.25, 0.3) is 0 Å². The van der Waals surface area contributed by atoms with E-state index in [9.17, 15) is 9.90 Å². The molecule has 0 aliphatic rings. The minimum absolute atomic E-state index is 0.0927. The van der Waals surface area contributed by atoms with Gasteiger partial charge < -0.3 is 19.0 Å². The zero-order valence-electron chi connectivity index (χ0n) is 18.7. The Morgan fingerprint density at radius 2 is 1.71 bits per heavy atom. The highest BCUT2D eigenvalue weighted by Gasteiger charge is 2.14. The summed E-state index contributed by atoms with van der Waals surface area (Å²) in [5.41, 5.74) is 3.66. The average molecular weight is 453 g/mol. The van der Waals surface area contributed by atoms with Gasteiger partial charge in [0.2, 0.25) is 0 Å². The quantitative estimate of drug-likeness (QED) is 0.360. The summed E-state index contributed by atoms with van der Waals surface area (Å²) in [5.74, 6) is 1.38. The van der Waals surface area contributed by atoms with Gasteiger partial charge in [-0.05, 0) is 30.2 Å². The molecule has 5 rings (SSSR count). The van der Waals surface area contributed by atoms with E-state index in [1.54, 1.807) is 25.3 Å². The normalized spacial score (nSPS) is 11.1. The van der Waals surface area contributed by atoms with Crippen LogP contribution in [0, 0.1) is 6.92 Å². The fourth-order valence-electron chi connectivity index (χ4n) is 3.92. The van der Waals surface area contributed by atoms with Crippen LogP contribution in [0.25, 0.3) is 21.9 Å². The van der Waals surface area contributed by atoms with Gasteiger partial charge in [-0.3, -0.25) is 9.78 Å². The van der Waals surface area contributed by atoms with Gasteiger partial charge >= 0.3 is 0 Å². The van der Waals surface area contributed by atoms with Crippen molar-refractivity contribution in [1.29, 1.82) is 0 Å². The van der Waals surface area contributed by atoms with Gasteiger partial charge in [0, 0.05) is 35.3 Å². The molecular weight excluding hydrogens is 430 g/mol. The summed E-state index contributed by atoms with van der Waals surface area (Å²) in [6.07, 6.45) is 1.79. The Labute approximate surface area is 196 Å². The van der Waals surface area contributed by atoms with Crippen molar-refractivity contribution in [2.24, 2.45) is 0 Å². The second kappa shape index (κ2) is 9.37. The summed E-state index contributed by atoms with van der Waals surface area (Å²) < 4.78 is 17.9. The minimum Gasteiger partial charge on any atom is -0.489 e. The number of rotatable bonds is 7. The van der Waals surface area contributed by atoms with Crippen molar-refractivity contribution < 1.29 is 19.0 Å². The Hall–Kier alpha value is -4.16. The molecule has 5 aromatic rings. The molecule has 6 nitrogen and oxygen atoms in total. The van der Waals surface area contributed by atoms with Crippen molar-refractivity contribution in [3.63, 3.8) is 0 Å². The van der Waals surface area contributed by atoms with Crippen LogP contribution in [-0.2, 0) is 19.8 Å². The van der Waals surface area contributed by atoms with Crippen molar-refractivity contribution in [3.8, 4) is 11.5 Å². The maximum atomic E-state index is 12.7. The fourth-order valence-corrected chi connectivity index (χ4v) is 3.92. The summed E-state index contributed by atoms with van der Waals surface area (Å²) in [6.45, 7) is 2.13. The lowest BCUT2D eigenvalue weighted by atomic mass is 10.1. The topological polar surface area (TPSA) is 81.8 Å². The maximum Gasteiger partial charge on any atom is 0.196 e. The number of para-hydroxylation sites is 1. The highest BCUT2D eigenvalue weighted by molar-refractivity contribution is 5.85. The van der Waals surface area contributed by atoms with Crippen LogP contribution in [0.15, 0.2) is 88.2 Å². The molecule has 0 spiro atoms. The van der Waals surface area contributed by atoms with Crippen molar-refractivity contribution in [2.45, 2.75) is 26.7 Å². The molecule has 34 heavy (non-hydrogen) atoms. The van der Waals surface area contributed by atoms with Gasteiger partial charge in [-0.15, -0.1) is 0 Å². The standard InChI is InChI=1S/C28H23NO5/c1-18-10-25(31)28-26(33-17-22-8-3-2-7-21(22)15-30)12-23(13-27(28)34-18)32-16-19-11-20-6-4-5-9-24(20)29-14-19/h2-14,30H,15-17H2,1H3. The average Bonchev–Trinajstić information content (AvgIpc) is 2.85. The SMILES string of the molecule is Cc1cc(=O)c2c(OCc3ccccc3CO)cc(OCc3cnc4ccccc4c3)cc2o1. The number of benzene rings is 3. The van der Waals surface area contributed by atoms with Crippen LogP contribution in [-0.4, -0.2) is 10.1 Å². The molecule has 0 bridgehead atoms. The molecule has 0 atom stereocenters. The molecule has 2 aromatic heterocycles. The smallest absolute Gasteiger partial charge is 0.196 e. The second-order valence-electron chi connectivity index (χ2n) is 8.06. The zero-order valence-corrected chi connectivity index (χ0v) is 18.7. The molecule has 6 heteroatoms. The number of pyridine rings is 1. The summed E-state index contributed by atoms with van der Waals surface area (Å²) in [6, 6.07) is 22.2. The largest absolute Gasteiger partial charge is 0.489 e. The molecule has 0 saturated carbocycles. The Morgan fingerprint density at radius 3 is 2.56 bits per heavy atom. The molecule has 2 heterocycles. The van der Waals surface area contributed by atoms with E-state index in [2.05, 4.69) is 4.98 Å². The molecule has 1 N–H and O–H groups in total. The first-order chi connectivity index (χ1) is 16.6. The molecule has 0 saturated heterocycles. The number of hydrogen-bond donors (Lipinski definition) is 1. The van der Waals surface area contributed by atoms with Crippen LogP contribution in [0.3, 0.4) is 0 Å². The predicted molar refractivity (Wildman–Crippen MR) is 130 cm³/mol. The van der Waals surface area contributed by atoms with Gasteiger partial charge in [0.05, 0.1) is 12.1 Å². The highest BCUT2D eigenvalue weighted by Crippen LogP contribution is 2.31. The van der Waals surface area contributed by atoms with Crippen LogP contribution in [0.2, 0.25) is 0 Å². The lowest BCUT2D eigenvalue weighted by molar-refractivity contribution is 0.268. The van der Waals surface area contributed by atoms with Crippen molar-refractivity contribution >= 4 is 21.9 Å². The number of aromatic nitrogens is 1. The third kappa shape index (κ3) is 4.49. The van der Waals surface area contributed by atoms with E-state index in [1.165, 1.54) is 6.07 Å². The molecule has 170 valence electrons. The van der Waals surface area contributed by atoms with Crippen LogP contribution >= 0.6 is 0 Å². The van der Waals surface area contributed by atoms with Crippen LogP contribution in [0.4, 0.5) is 0 Å². The first kappa shape index (κ1) is 21.7. The second-order valence-corrected chi connectivity index (χ2v) is 8.06. The third-order valence-corrected chi connectivity index (χ3v) is 5.62. The van der Waals surface area contributed by atoms with E-state index in [-0.39, 0.29) is 18.6 Å². The van der Waals surface area contributed by atoms with Gasteiger partial charge in [-0.25, -0.2) is 0 Å². The van der Waals surface area contributed by atoms with Gasteiger partial charge in [-0.2, -0.15) is 0 Å². The van der Waals surface area contributed by atoms with Crippen LogP contribution in [0.1, 0.15) is 22.5 Å². The maximum absolute atomic E-state index is 12.7. The van der Waals surface area contributed by atoms with Crippen LogP contribution < -0.4 is 14.9 Å². The molecule has 0 unspecified atom stereocenters. The Balaban J connectivity index is 1.46. The summed E-state index contributed by atoms with van der Waals surface area (Å²) >= 11 is 0. The zero-order chi connectivity index (χ0) is 23.5. The van der Waals surface area contributed by atoms with E-state index >= 15 is 0 Å². The Morgan fingerprint density at radius 1 is 0.912 bits per heavy atom. The van der Waals surface area contributed by atoms with Gasteiger partial charge in [-0.1, -0.05) is 42.5 Å². The highest BCUT2D eigenvalue weighted by atomic mass is 16.5. The third-order valence-electron chi connectivity index (χ3n) is 5.62. The summed E-state index contributed by atoms with van der Waals surface area (Å²) in [7, 11) is 0. The van der Waals surface area contributed by atoms with Crippen LogP contribution in [0.5, 0.6) is 11.5 Å². The Bertz CT molecular complexity index is 1540. The van der Waals surface area contributed by atoms with Crippen molar-refractivity contribution in [1.82, 2.24) is 4.98 Å². The molecule has 0 aliphatic heterocycles. The number of aryl methyl sites for hydroxylation is 1. The molecule has 0 aliphatic carbocycles. The molecule has 0 fully saturated rings. The van der Waals surface area contributed by atoms with E-state index in [0.717, 1.165) is 27.6 Å². The summed E-state index contributed by atoms with van der Waals surface area (Å²) in [5, 5.41) is 11.0. The van der Waals surface area contributed by atoms with E-state index in [1.807, 2.05) is 54.6 Å². The molecular formula is C28H23NO5. The monoisotopic (exact) mass is 453 g/mol. The van der Waals surface area contributed by atoms with E-state index in [0.29, 0.717) is 34.8 Å². The number of aliphatic hydroxyl groups excluding tert-OH is 1. The number of aliphatic hydroxyl groups is 1. The molecule has 0 amide bonds. The molecule has 3 aromatic carbocycles.